The van der Waals surface area contributed by atoms with Gasteiger partial charge in [0, 0.05) is 18.3 Å². The van der Waals surface area contributed by atoms with Crippen LogP contribution >= 0.6 is 0 Å². The van der Waals surface area contributed by atoms with Gasteiger partial charge in [-0.1, -0.05) is 48.5 Å². The van der Waals surface area contributed by atoms with E-state index in [2.05, 4.69) is 4.98 Å². The number of nitrogens with zero attached hydrogens (tertiary/aromatic N) is 2. The second kappa shape index (κ2) is 8.33. The molecule has 0 spiro atoms. The monoisotopic (exact) mass is 398 g/mol. The molecule has 1 atom stereocenters. The molecule has 1 aromatic heterocycles. The maximum absolute atomic E-state index is 13.2. The molecule has 2 aromatic carbocycles. The van der Waals surface area contributed by atoms with Crippen LogP contribution in [-0.4, -0.2) is 21.8 Å². The molecule has 5 heteroatoms. The van der Waals surface area contributed by atoms with Crippen molar-refractivity contribution < 1.29 is 14.7 Å². The summed E-state index contributed by atoms with van der Waals surface area (Å²) in [6.07, 6.45) is 2.35. The molecule has 1 aliphatic heterocycles. The standard InChI is InChI=1S/C25H22N2O3/c1-17-8-7-11-19(16-17)27-23(20-12-5-6-15-26-20)22(24(29)25(27)30)21(28)14-13-18-9-3-2-4-10-18/h2-12,15-16,23,29H,13-14H2,1H3. The van der Waals surface area contributed by atoms with Gasteiger partial charge >= 0.3 is 0 Å². The molecule has 150 valence electrons. The van der Waals surface area contributed by atoms with E-state index >= 15 is 0 Å². The Morgan fingerprint density at radius 3 is 2.50 bits per heavy atom. The SMILES string of the molecule is Cc1cccc(N2C(=O)C(O)=C(C(=O)CCc3ccccc3)C2c2ccccn2)c1. The van der Waals surface area contributed by atoms with Crippen LogP contribution in [0.5, 0.6) is 0 Å². The summed E-state index contributed by atoms with van der Waals surface area (Å²) in [4.78, 5) is 32.1. The highest BCUT2D eigenvalue weighted by atomic mass is 16.3. The molecule has 1 aliphatic rings. The predicted molar refractivity (Wildman–Crippen MR) is 115 cm³/mol. The van der Waals surface area contributed by atoms with Gasteiger partial charge < -0.3 is 5.11 Å². The summed E-state index contributed by atoms with van der Waals surface area (Å²) in [6.45, 7) is 1.93. The lowest BCUT2D eigenvalue weighted by Gasteiger charge is -2.26. The maximum Gasteiger partial charge on any atom is 0.294 e. The number of anilines is 1. The van der Waals surface area contributed by atoms with Crippen LogP contribution in [0.2, 0.25) is 0 Å². The second-order valence-electron chi connectivity index (χ2n) is 7.34. The van der Waals surface area contributed by atoms with E-state index in [0.29, 0.717) is 17.8 Å². The number of carbonyl (C=O) groups excluding carboxylic acids is 2. The van der Waals surface area contributed by atoms with Gasteiger partial charge in [-0.25, -0.2) is 0 Å². The van der Waals surface area contributed by atoms with E-state index in [-0.39, 0.29) is 17.8 Å². The van der Waals surface area contributed by atoms with Crippen molar-refractivity contribution in [2.45, 2.75) is 25.8 Å². The molecule has 30 heavy (non-hydrogen) atoms. The van der Waals surface area contributed by atoms with Gasteiger partial charge in [0.2, 0.25) is 0 Å². The number of aryl methyl sites for hydroxylation is 2. The average Bonchev–Trinajstić information content (AvgIpc) is 3.04. The molecule has 1 N–H and O–H groups in total. The Hall–Kier alpha value is -3.73. The quantitative estimate of drug-likeness (QED) is 0.664. The van der Waals surface area contributed by atoms with Crippen molar-refractivity contribution in [1.29, 1.82) is 0 Å². The van der Waals surface area contributed by atoms with Crippen LogP contribution in [0.1, 0.15) is 29.3 Å². The minimum absolute atomic E-state index is 0.108. The number of amides is 1. The molecule has 0 saturated carbocycles. The van der Waals surface area contributed by atoms with Crippen molar-refractivity contribution in [2.24, 2.45) is 0 Å². The minimum atomic E-state index is -0.760. The van der Waals surface area contributed by atoms with Crippen LogP contribution in [0.15, 0.2) is 90.3 Å². The third-order valence-electron chi connectivity index (χ3n) is 5.24. The normalized spacial score (nSPS) is 16.2. The van der Waals surface area contributed by atoms with Crippen LogP contribution < -0.4 is 4.90 Å². The Balaban J connectivity index is 1.72. The van der Waals surface area contributed by atoms with E-state index in [4.69, 9.17) is 0 Å². The van der Waals surface area contributed by atoms with Gasteiger partial charge in [0.15, 0.2) is 11.5 Å². The number of hydrogen-bond acceptors (Lipinski definition) is 4. The van der Waals surface area contributed by atoms with Crippen molar-refractivity contribution in [3.05, 3.63) is 107 Å². The fraction of sp³-hybridized carbons (Fsp3) is 0.160. The Kier molecular flexibility index (Phi) is 5.44. The summed E-state index contributed by atoms with van der Waals surface area (Å²) in [5.74, 6) is -1.33. The topological polar surface area (TPSA) is 70.5 Å². The number of pyridine rings is 1. The molecule has 5 nitrogen and oxygen atoms in total. The number of Topliss-reactive ketones (excluding diaryl/α,β-unsaturated/α-hetero) is 1. The first-order chi connectivity index (χ1) is 14.6. The van der Waals surface area contributed by atoms with Crippen molar-refractivity contribution >= 4 is 17.4 Å². The zero-order chi connectivity index (χ0) is 21.1. The van der Waals surface area contributed by atoms with Gasteiger partial charge in [-0.15, -0.1) is 0 Å². The van der Waals surface area contributed by atoms with Crippen molar-refractivity contribution in [2.75, 3.05) is 4.90 Å². The third kappa shape index (κ3) is 3.74. The van der Waals surface area contributed by atoms with E-state index in [1.807, 2.05) is 61.5 Å². The van der Waals surface area contributed by atoms with E-state index in [0.717, 1.165) is 11.1 Å². The van der Waals surface area contributed by atoms with Gasteiger partial charge in [-0.2, -0.15) is 0 Å². The van der Waals surface area contributed by atoms with Crippen LogP contribution in [0.25, 0.3) is 0 Å². The molecule has 4 rings (SSSR count). The van der Waals surface area contributed by atoms with Crippen LogP contribution in [0.3, 0.4) is 0 Å². The minimum Gasteiger partial charge on any atom is -0.503 e. The summed E-state index contributed by atoms with van der Waals surface area (Å²) in [5, 5.41) is 10.7. The summed E-state index contributed by atoms with van der Waals surface area (Å²) in [7, 11) is 0. The molecular formula is C25H22N2O3. The first-order valence-corrected chi connectivity index (χ1v) is 9.87. The zero-order valence-corrected chi connectivity index (χ0v) is 16.7. The number of benzene rings is 2. The van der Waals surface area contributed by atoms with Crippen molar-refractivity contribution in [3.8, 4) is 0 Å². The molecule has 0 aliphatic carbocycles. The van der Waals surface area contributed by atoms with Crippen LogP contribution in [0.4, 0.5) is 5.69 Å². The number of hydrogen-bond donors (Lipinski definition) is 1. The largest absolute Gasteiger partial charge is 0.503 e. The molecule has 2 heterocycles. The van der Waals surface area contributed by atoms with E-state index in [1.165, 1.54) is 4.90 Å². The molecule has 0 saturated heterocycles. The second-order valence-corrected chi connectivity index (χ2v) is 7.34. The third-order valence-corrected chi connectivity index (χ3v) is 5.24. The first kappa shape index (κ1) is 19.6. The van der Waals surface area contributed by atoms with E-state index in [1.54, 1.807) is 24.4 Å². The number of rotatable bonds is 6. The average molecular weight is 398 g/mol. The Morgan fingerprint density at radius 2 is 1.80 bits per heavy atom. The first-order valence-electron chi connectivity index (χ1n) is 9.87. The molecule has 1 amide bonds. The Labute approximate surface area is 175 Å². The highest BCUT2D eigenvalue weighted by Crippen LogP contribution is 2.40. The molecule has 0 bridgehead atoms. The maximum atomic E-state index is 13.2. The van der Waals surface area contributed by atoms with Gasteiger partial charge in [-0.3, -0.25) is 19.5 Å². The smallest absolute Gasteiger partial charge is 0.294 e. The summed E-state index contributed by atoms with van der Waals surface area (Å²) >= 11 is 0. The predicted octanol–water partition coefficient (Wildman–Crippen LogP) is 4.49. The van der Waals surface area contributed by atoms with Crippen molar-refractivity contribution in [1.82, 2.24) is 4.98 Å². The van der Waals surface area contributed by atoms with E-state index < -0.39 is 17.7 Å². The highest BCUT2D eigenvalue weighted by Gasteiger charge is 2.44. The lowest BCUT2D eigenvalue weighted by atomic mass is 9.95. The lowest BCUT2D eigenvalue weighted by molar-refractivity contribution is -0.118. The number of aliphatic hydroxyl groups is 1. The fourth-order valence-electron chi connectivity index (χ4n) is 3.79. The van der Waals surface area contributed by atoms with Gasteiger partial charge in [0.1, 0.15) is 6.04 Å². The number of ketones is 1. The lowest BCUT2D eigenvalue weighted by Crippen LogP contribution is -2.31. The molecule has 3 aromatic rings. The summed E-state index contributed by atoms with van der Waals surface area (Å²) < 4.78 is 0. The molecular weight excluding hydrogens is 376 g/mol. The number of aromatic nitrogens is 1. The summed E-state index contributed by atoms with van der Waals surface area (Å²) in [5.41, 5.74) is 3.27. The number of carbonyl (C=O) groups is 2. The van der Waals surface area contributed by atoms with E-state index in [9.17, 15) is 14.7 Å². The van der Waals surface area contributed by atoms with Crippen LogP contribution in [0, 0.1) is 6.92 Å². The highest BCUT2D eigenvalue weighted by molar-refractivity contribution is 6.16. The van der Waals surface area contributed by atoms with Crippen LogP contribution in [-0.2, 0) is 16.0 Å². The molecule has 0 fully saturated rings. The van der Waals surface area contributed by atoms with Crippen molar-refractivity contribution in [3.63, 3.8) is 0 Å². The van der Waals surface area contributed by atoms with Gasteiger partial charge in [-0.05, 0) is 48.7 Å². The molecule has 0 radical (unpaired) electrons. The van der Waals surface area contributed by atoms with Gasteiger partial charge in [0.25, 0.3) is 5.91 Å². The van der Waals surface area contributed by atoms with Gasteiger partial charge in [0.05, 0.1) is 11.3 Å². The molecule has 1 unspecified atom stereocenters. The number of aliphatic hydroxyl groups excluding tert-OH is 1. The Morgan fingerprint density at radius 1 is 1.03 bits per heavy atom. The zero-order valence-electron chi connectivity index (χ0n) is 16.7. The Bertz CT molecular complexity index is 1110. The fourth-order valence-corrected chi connectivity index (χ4v) is 3.79. The summed E-state index contributed by atoms with van der Waals surface area (Å²) in [6, 6.07) is 21.7.